The van der Waals surface area contributed by atoms with Crippen LogP contribution in [0.5, 0.6) is 23.0 Å². The van der Waals surface area contributed by atoms with Crippen LogP contribution in [0.25, 0.3) is 17.5 Å². The number of aromatic nitrogens is 1. The second kappa shape index (κ2) is 13.3. The first-order valence-corrected chi connectivity index (χ1v) is 14.6. The van der Waals surface area contributed by atoms with Gasteiger partial charge in [-0.1, -0.05) is 12.1 Å². The van der Waals surface area contributed by atoms with E-state index >= 15 is 0 Å². The summed E-state index contributed by atoms with van der Waals surface area (Å²) in [5.74, 6) is -0.865. The summed E-state index contributed by atoms with van der Waals surface area (Å²) in [6, 6.07) is 10.3. The molecular weight excluding hydrogens is 588 g/mol. The van der Waals surface area contributed by atoms with E-state index < -0.39 is 23.4 Å². The van der Waals surface area contributed by atoms with E-state index in [-0.39, 0.29) is 38.4 Å². The smallest absolute Gasteiger partial charge is 0.338 e. The van der Waals surface area contributed by atoms with Crippen LogP contribution in [0.15, 0.2) is 46.8 Å². The molecule has 1 unspecified atom stereocenters. The molecule has 0 spiro atoms. The van der Waals surface area contributed by atoms with Crippen LogP contribution in [-0.4, -0.2) is 57.2 Å². The van der Waals surface area contributed by atoms with Crippen LogP contribution >= 0.6 is 11.3 Å². The molecule has 0 aliphatic carbocycles. The molecule has 0 radical (unpaired) electrons. The van der Waals surface area contributed by atoms with E-state index in [1.165, 1.54) is 28.4 Å². The van der Waals surface area contributed by atoms with Crippen molar-refractivity contribution < 1.29 is 38.0 Å². The first-order valence-electron chi connectivity index (χ1n) is 13.8. The molecule has 12 heteroatoms. The van der Waals surface area contributed by atoms with E-state index in [1.54, 1.807) is 42.5 Å². The van der Waals surface area contributed by atoms with Gasteiger partial charge in [0.25, 0.3) is 5.56 Å². The minimum Gasteiger partial charge on any atom is -0.493 e. The monoisotopic (exact) mass is 624 g/mol. The number of fused-ring (bicyclic) bond motifs is 1. The second-order valence-corrected chi connectivity index (χ2v) is 11.4. The Morgan fingerprint density at radius 2 is 1.36 bits per heavy atom. The lowest BCUT2D eigenvalue weighted by Gasteiger charge is -2.27. The molecule has 0 bridgehead atoms. The van der Waals surface area contributed by atoms with Crippen molar-refractivity contribution >= 4 is 40.7 Å². The molecular formula is C32H36N2O9S. The maximum Gasteiger partial charge on any atom is 0.338 e. The summed E-state index contributed by atoms with van der Waals surface area (Å²) in [4.78, 5) is 40.5. The summed E-state index contributed by atoms with van der Waals surface area (Å²) < 4.78 is 34.6. The van der Waals surface area contributed by atoms with Crippen molar-refractivity contribution in [2.45, 2.75) is 45.8 Å². The Balaban J connectivity index is 2.03. The summed E-state index contributed by atoms with van der Waals surface area (Å²) in [7, 11) is 5.43. The standard InChI is InChI=1S/C32H36N2O9S/c1-16(2)42-20-11-9-18(13-22(20)38-5)14-24-29(35)34-28(33)26(31(36)40-7)25(27(30(34)44-24)32(37)41-8)19-10-12-21(43-17(3)4)23(15-19)39-6/h9-17,25H,33H2,1-8H3. The molecule has 0 amide bonds. The summed E-state index contributed by atoms with van der Waals surface area (Å²) in [6.07, 6.45) is 1.46. The largest absolute Gasteiger partial charge is 0.493 e. The Labute approximate surface area is 258 Å². The summed E-state index contributed by atoms with van der Waals surface area (Å²) >= 11 is 1.04. The predicted octanol–water partition coefficient (Wildman–Crippen LogP) is 2.75. The molecule has 1 aliphatic rings. The molecule has 0 saturated heterocycles. The number of esters is 2. The first-order chi connectivity index (χ1) is 20.9. The molecule has 4 rings (SSSR count). The van der Waals surface area contributed by atoms with Gasteiger partial charge in [0.2, 0.25) is 0 Å². The molecule has 44 heavy (non-hydrogen) atoms. The number of ether oxygens (including phenoxy) is 6. The van der Waals surface area contributed by atoms with Crippen molar-refractivity contribution in [2.75, 3.05) is 28.4 Å². The van der Waals surface area contributed by atoms with E-state index in [1.807, 2.05) is 27.7 Å². The van der Waals surface area contributed by atoms with Crippen molar-refractivity contribution in [3.63, 3.8) is 0 Å². The summed E-state index contributed by atoms with van der Waals surface area (Å²) in [5, 5.41) is 0. The molecule has 2 heterocycles. The lowest BCUT2D eigenvalue weighted by Crippen LogP contribution is -2.41. The predicted molar refractivity (Wildman–Crippen MR) is 166 cm³/mol. The molecule has 3 aromatic rings. The van der Waals surface area contributed by atoms with E-state index in [0.29, 0.717) is 34.1 Å². The van der Waals surface area contributed by atoms with Gasteiger partial charge in [-0.05, 0) is 69.2 Å². The average Bonchev–Trinajstić information content (AvgIpc) is 3.31. The zero-order valence-corrected chi connectivity index (χ0v) is 26.7. The fourth-order valence-electron chi connectivity index (χ4n) is 4.89. The molecule has 2 aromatic carbocycles. The van der Waals surface area contributed by atoms with E-state index in [4.69, 9.17) is 34.2 Å². The Hall–Kier alpha value is -4.71. The zero-order chi connectivity index (χ0) is 32.3. The molecule has 0 saturated carbocycles. The van der Waals surface area contributed by atoms with E-state index in [9.17, 15) is 14.4 Å². The van der Waals surface area contributed by atoms with Gasteiger partial charge >= 0.3 is 11.9 Å². The van der Waals surface area contributed by atoms with Gasteiger partial charge in [-0.15, -0.1) is 11.3 Å². The highest BCUT2D eigenvalue weighted by Gasteiger charge is 2.40. The van der Waals surface area contributed by atoms with Gasteiger partial charge in [0.15, 0.2) is 23.0 Å². The molecule has 2 N–H and O–H groups in total. The van der Waals surface area contributed by atoms with Gasteiger partial charge in [-0.2, -0.15) is 0 Å². The van der Waals surface area contributed by atoms with Crippen LogP contribution in [0.3, 0.4) is 0 Å². The van der Waals surface area contributed by atoms with Crippen molar-refractivity contribution in [3.8, 4) is 23.0 Å². The van der Waals surface area contributed by atoms with Crippen LogP contribution in [0.2, 0.25) is 0 Å². The van der Waals surface area contributed by atoms with Crippen LogP contribution in [-0.2, 0) is 19.1 Å². The highest BCUT2D eigenvalue weighted by molar-refractivity contribution is 7.07. The fraction of sp³-hybridized carbons (Fsp3) is 0.344. The highest BCUT2D eigenvalue weighted by Crippen LogP contribution is 2.41. The minimum atomic E-state index is -1.05. The van der Waals surface area contributed by atoms with Crippen molar-refractivity contribution in [1.82, 2.24) is 4.57 Å². The Bertz CT molecular complexity index is 1800. The SMILES string of the molecule is COC(=O)C1=C(N)n2c(sc(=Cc3ccc(OC(C)C)c(OC)c3)c2=O)=C(C(=O)OC)C1c1ccc(OC(C)C)c(OC)c1. The number of rotatable bonds is 10. The van der Waals surface area contributed by atoms with E-state index in [2.05, 4.69) is 0 Å². The first kappa shape index (κ1) is 32.2. The quantitative estimate of drug-likeness (QED) is 0.335. The van der Waals surface area contributed by atoms with E-state index in [0.717, 1.165) is 15.9 Å². The third kappa shape index (κ3) is 6.16. The third-order valence-corrected chi connectivity index (χ3v) is 7.80. The van der Waals surface area contributed by atoms with Crippen LogP contribution in [0.1, 0.15) is 44.7 Å². The number of nitrogens with two attached hydrogens (primary N) is 1. The van der Waals surface area contributed by atoms with Gasteiger partial charge in [-0.25, -0.2) is 9.59 Å². The van der Waals surface area contributed by atoms with Gasteiger partial charge < -0.3 is 34.2 Å². The number of carbonyl (C=O) groups is 2. The van der Waals surface area contributed by atoms with Crippen LogP contribution in [0, 0.1) is 0 Å². The van der Waals surface area contributed by atoms with Crippen molar-refractivity contribution in [1.29, 1.82) is 0 Å². The minimum absolute atomic E-state index is 0.0432. The Morgan fingerprint density at radius 3 is 1.91 bits per heavy atom. The van der Waals surface area contributed by atoms with Crippen molar-refractivity contribution in [3.05, 3.63) is 72.6 Å². The fourth-order valence-corrected chi connectivity index (χ4v) is 6.06. The molecule has 11 nitrogen and oxygen atoms in total. The van der Waals surface area contributed by atoms with Gasteiger partial charge in [0.05, 0.1) is 62.2 Å². The maximum absolute atomic E-state index is 13.8. The van der Waals surface area contributed by atoms with Crippen LogP contribution in [0.4, 0.5) is 0 Å². The number of hydrogen-bond acceptors (Lipinski definition) is 11. The second-order valence-electron chi connectivity index (χ2n) is 10.3. The number of thiazole rings is 1. The van der Waals surface area contributed by atoms with Gasteiger partial charge in [0.1, 0.15) is 10.5 Å². The summed E-state index contributed by atoms with van der Waals surface area (Å²) in [6.45, 7) is 7.57. The molecule has 1 aliphatic heterocycles. The number of methoxy groups -OCH3 is 4. The number of nitrogens with zero attached hydrogens (tertiary/aromatic N) is 1. The maximum atomic E-state index is 13.8. The lowest BCUT2D eigenvalue weighted by molar-refractivity contribution is -0.136. The molecule has 1 atom stereocenters. The average molecular weight is 625 g/mol. The van der Waals surface area contributed by atoms with Gasteiger partial charge in [0, 0.05) is 0 Å². The highest BCUT2D eigenvalue weighted by atomic mass is 32.1. The molecule has 234 valence electrons. The third-order valence-electron chi connectivity index (χ3n) is 6.69. The Morgan fingerprint density at radius 1 is 0.818 bits per heavy atom. The number of hydrogen-bond donors (Lipinski definition) is 1. The summed E-state index contributed by atoms with van der Waals surface area (Å²) in [5.41, 5.74) is 7.11. The number of benzene rings is 2. The molecule has 0 fully saturated rings. The Kier molecular flexibility index (Phi) is 9.73. The lowest BCUT2D eigenvalue weighted by atomic mass is 9.83. The van der Waals surface area contributed by atoms with Crippen LogP contribution < -0.4 is 39.4 Å². The zero-order valence-electron chi connectivity index (χ0n) is 25.9. The van der Waals surface area contributed by atoms with Gasteiger partial charge in [-0.3, -0.25) is 9.36 Å². The normalized spacial score (nSPS) is 14.9. The van der Waals surface area contributed by atoms with Crippen molar-refractivity contribution in [2.24, 2.45) is 5.73 Å². The topological polar surface area (TPSA) is 138 Å². The molecule has 1 aromatic heterocycles. The number of carbonyl (C=O) groups excluding carboxylic acids is 2.